The van der Waals surface area contributed by atoms with Crippen molar-refractivity contribution in [3.63, 3.8) is 0 Å². The smallest absolute Gasteiger partial charge is 0.261 e. The lowest BCUT2D eigenvalue weighted by atomic mass is 10.1. The Morgan fingerprint density at radius 2 is 1.65 bits per heavy atom. The maximum absolute atomic E-state index is 12.7. The fourth-order valence-corrected chi connectivity index (χ4v) is 4.51. The number of benzene rings is 2. The molecule has 1 saturated heterocycles. The molecule has 1 fully saturated rings. The van der Waals surface area contributed by atoms with E-state index in [1.165, 1.54) is 30.3 Å². The van der Waals surface area contributed by atoms with Crippen LogP contribution in [0.25, 0.3) is 0 Å². The third-order valence-corrected chi connectivity index (χ3v) is 6.07. The van der Waals surface area contributed by atoms with Crippen LogP contribution in [0.2, 0.25) is 10.0 Å². The Balaban J connectivity index is 1.92. The predicted molar refractivity (Wildman–Crippen MR) is 104 cm³/mol. The van der Waals surface area contributed by atoms with Gasteiger partial charge in [-0.15, -0.1) is 0 Å². The molecule has 3 rings (SSSR count). The number of nitrogens with one attached hydrogen (secondary N) is 1. The number of nitrogens with zero attached hydrogens (tertiary/aromatic N) is 1. The van der Waals surface area contributed by atoms with Gasteiger partial charge in [-0.2, -0.15) is 0 Å². The molecule has 0 radical (unpaired) electrons. The Hall–Kier alpha value is -1.76. The number of hydrogen-bond acceptors (Lipinski definition) is 3. The first kappa shape index (κ1) is 19.0. The SMILES string of the molecule is Cc1ccc(S(=O)(=O)Nc2cc(Cl)cc(Cl)c2)cc1C(=O)N1CCCC1. The van der Waals surface area contributed by atoms with Crippen LogP contribution in [0, 0.1) is 6.92 Å². The fourth-order valence-electron chi connectivity index (χ4n) is 2.92. The third kappa shape index (κ3) is 4.14. The fraction of sp³-hybridized carbons (Fsp3) is 0.278. The zero-order chi connectivity index (χ0) is 18.9. The van der Waals surface area contributed by atoms with Gasteiger partial charge in [-0.1, -0.05) is 29.3 Å². The van der Waals surface area contributed by atoms with Gasteiger partial charge in [-0.05, 0) is 55.7 Å². The first-order valence-electron chi connectivity index (χ1n) is 8.15. The van der Waals surface area contributed by atoms with E-state index in [0.29, 0.717) is 28.7 Å². The van der Waals surface area contributed by atoms with E-state index in [9.17, 15) is 13.2 Å². The van der Waals surface area contributed by atoms with Crippen molar-refractivity contribution in [2.45, 2.75) is 24.7 Å². The van der Waals surface area contributed by atoms with E-state index in [1.54, 1.807) is 17.9 Å². The summed E-state index contributed by atoms with van der Waals surface area (Å²) in [6.45, 7) is 3.20. The highest BCUT2D eigenvalue weighted by molar-refractivity contribution is 7.92. The molecule has 1 amide bonds. The minimum absolute atomic E-state index is 0.0155. The van der Waals surface area contributed by atoms with Crippen molar-refractivity contribution >= 4 is 44.8 Å². The predicted octanol–water partition coefficient (Wildman–Crippen LogP) is 4.34. The van der Waals surface area contributed by atoms with Crippen molar-refractivity contribution in [1.82, 2.24) is 4.90 Å². The first-order chi connectivity index (χ1) is 12.3. The molecule has 5 nitrogen and oxygen atoms in total. The van der Waals surface area contributed by atoms with Crippen LogP contribution in [0.15, 0.2) is 41.3 Å². The van der Waals surface area contributed by atoms with E-state index in [-0.39, 0.29) is 16.5 Å². The number of amides is 1. The van der Waals surface area contributed by atoms with Crippen LogP contribution in [0.4, 0.5) is 5.69 Å². The molecule has 0 atom stereocenters. The zero-order valence-electron chi connectivity index (χ0n) is 14.1. The van der Waals surface area contributed by atoms with Crippen LogP contribution in [0.5, 0.6) is 0 Å². The molecule has 2 aromatic carbocycles. The second-order valence-corrected chi connectivity index (χ2v) is 8.79. The number of rotatable bonds is 4. The van der Waals surface area contributed by atoms with Crippen LogP contribution >= 0.6 is 23.2 Å². The number of carbonyl (C=O) groups is 1. The molecule has 0 bridgehead atoms. The molecule has 138 valence electrons. The van der Waals surface area contributed by atoms with Crippen LogP contribution in [-0.4, -0.2) is 32.3 Å². The number of likely N-dealkylation sites (tertiary alicyclic amines) is 1. The highest BCUT2D eigenvalue weighted by atomic mass is 35.5. The Morgan fingerprint density at radius 1 is 1.04 bits per heavy atom. The third-order valence-electron chi connectivity index (χ3n) is 4.26. The summed E-state index contributed by atoms with van der Waals surface area (Å²) in [6.07, 6.45) is 1.94. The molecule has 26 heavy (non-hydrogen) atoms. The van der Waals surface area contributed by atoms with E-state index < -0.39 is 10.0 Å². The van der Waals surface area contributed by atoms with Crippen molar-refractivity contribution in [2.24, 2.45) is 0 Å². The maximum atomic E-state index is 12.7. The van der Waals surface area contributed by atoms with E-state index in [1.807, 2.05) is 0 Å². The molecule has 1 aliphatic heterocycles. The van der Waals surface area contributed by atoms with E-state index >= 15 is 0 Å². The number of sulfonamides is 1. The molecule has 1 N–H and O–H groups in total. The summed E-state index contributed by atoms with van der Waals surface area (Å²) in [4.78, 5) is 14.4. The van der Waals surface area contributed by atoms with Crippen molar-refractivity contribution in [2.75, 3.05) is 17.8 Å². The molecular formula is C18H18Cl2N2O3S. The van der Waals surface area contributed by atoms with E-state index in [0.717, 1.165) is 18.4 Å². The van der Waals surface area contributed by atoms with Crippen LogP contribution < -0.4 is 4.72 Å². The summed E-state index contributed by atoms with van der Waals surface area (Å²) < 4.78 is 27.9. The van der Waals surface area contributed by atoms with Gasteiger partial charge in [0.1, 0.15) is 0 Å². The lowest BCUT2D eigenvalue weighted by Gasteiger charge is -2.17. The minimum Gasteiger partial charge on any atom is -0.339 e. The van der Waals surface area contributed by atoms with Crippen molar-refractivity contribution < 1.29 is 13.2 Å². The Morgan fingerprint density at radius 3 is 2.27 bits per heavy atom. The van der Waals surface area contributed by atoms with Gasteiger partial charge in [0, 0.05) is 28.7 Å². The summed E-state index contributed by atoms with van der Waals surface area (Å²) >= 11 is 11.8. The van der Waals surface area contributed by atoms with Gasteiger partial charge < -0.3 is 4.90 Å². The average molecular weight is 413 g/mol. The van der Waals surface area contributed by atoms with Gasteiger partial charge in [0.2, 0.25) is 0 Å². The molecule has 1 aliphatic rings. The van der Waals surface area contributed by atoms with E-state index in [2.05, 4.69) is 4.72 Å². The number of carbonyl (C=O) groups excluding carboxylic acids is 1. The Kier molecular flexibility index (Phi) is 5.46. The standard InChI is InChI=1S/C18H18Cl2N2O3S/c1-12-4-5-16(11-17(12)18(23)22-6-2-3-7-22)26(24,25)21-15-9-13(19)8-14(20)10-15/h4-5,8-11,21H,2-3,6-7H2,1H3. The van der Waals surface area contributed by atoms with Gasteiger partial charge in [0.15, 0.2) is 0 Å². The lowest BCUT2D eigenvalue weighted by Crippen LogP contribution is -2.28. The quantitative estimate of drug-likeness (QED) is 0.811. The number of anilines is 1. The second kappa shape index (κ2) is 7.47. The summed E-state index contributed by atoms with van der Waals surface area (Å²) in [5.74, 6) is -0.136. The number of aryl methyl sites for hydroxylation is 1. The summed E-state index contributed by atoms with van der Waals surface area (Å²) in [6, 6.07) is 8.99. The van der Waals surface area contributed by atoms with Gasteiger partial charge in [-0.25, -0.2) is 8.42 Å². The average Bonchev–Trinajstić information content (AvgIpc) is 3.07. The highest BCUT2D eigenvalue weighted by Crippen LogP contribution is 2.26. The van der Waals surface area contributed by atoms with Crippen molar-refractivity contribution in [3.05, 3.63) is 57.6 Å². The minimum atomic E-state index is -3.88. The van der Waals surface area contributed by atoms with Gasteiger partial charge in [0.25, 0.3) is 15.9 Å². The molecule has 1 heterocycles. The molecule has 0 spiro atoms. The van der Waals surface area contributed by atoms with Crippen LogP contribution in [0.1, 0.15) is 28.8 Å². The van der Waals surface area contributed by atoms with Crippen molar-refractivity contribution in [1.29, 1.82) is 0 Å². The monoisotopic (exact) mass is 412 g/mol. The Labute approximate surface area is 163 Å². The van der Waals surface area contributed by atoms with E-state index in [4.69, 9.17) is 23.2 Å². The molecule has 0 aromatic heterocycles. The largest absolute Gasteiger partial charge is 0.339 e. The van der Waals surface area contributed by atoms with Crippen LogP contribution in [-0.2, 0) is 10.0 Å². The number of hydrogen-bond donors (Lipinski definition) is 1. The molecule has 0 unspecified atom stereocenters. The van der Waals surface area contributed by atoms with Gasteiger partial charge in [0.05, 0.1) is 10.6 Å². The molecule has 2 aromatic rings. The topological polar surface area (TPSA) is 66.5 Å². The first-order valence-corrected chi connectivity index (χ1v) is 10.4. The molecule has 0 aliphatic carbocycles. The zero-order valence-corrected chi connectivity index (χ0v) is 16.5. The highest BCUT2D eigenvalue weighted by Gasteiger charge is 2.23. The summed E-state index contributed by atoms with van der Waals surface area (Å²) in [5.41, 5.74) is 1.40. The lowest BCUT2D eigenvalue weighted by molar-refractivity contribution is 0.0792. The van der Waals surface area contributed by atoms with Crippen molar-refractivity contribution in [3.8, 4) is 0 Å². The maximum Gasteiger partial charge on any atom is 0.261 e. The normalized spacial score (nSPS) is 14.5. The van der Waals surface area contributed by atoms with Crippen LogP contribution in [0.3, 0.4) is 0 Å². The summed E-state index contributed by atoms with van der Waals surface area (Å²) in [7, 11) is -3.88. The molecule has 0 saturated carbocycles. The second-order valence-electron chi connectivity index (χ2n) is 6.24. The number of halogens is 2. The summed E-state index contributed by atoms with van der Waals surface area (Å²) in [5, 5.41) is 0.646. The molecular weight excluding hydrogens is 395 g/mol. The van der Waals surface area contributed by atoms with Gasteiger partial charge >= 0.3 is 0 Å². The Bertz CT molecular complexity index is 935. The van der Waals surface area contributed by atoms with Gasteiger partial charge in [-0.3, -0.25) is 9.52 Å². The molecule has 8 heteroatoms.